The molecule has 1 aromatic heterocycles. The van der Waals surface area contributed by atoms with Gasteiger partial charge in [-0.05, 0) is 49.7 Å². The lowest BCUT2D eigenvalue weighted by Crippen LogP contribution is -2.47. The van der Waals surface area contributed by atoms with E-state index in [1.165, 1.54) is 16.4 Å². The maximum Gasteiger partial charge on any atom is 0.264 e. The topological polar surface area (TPSA) is 107 Å². The van der Waals surface area contributed by atoms with Crippen molar-refractivity contribution in [1.29, 1.82) is 0 Å². The third-order valence-electron chi connectivity index (χ3n) is 5.60. The van der Waals surface area contributed by atoms with Gasteiger partial charge in [0, 0.05) is 25.2 Å². The Labute approximate surface area is 199 Å². The lowest BCUT2D eigenvalue weighted by atomic mass is 10.0. The van der Waals surface area contributed by atoms with Crippen LogP contribution in [0, 0.1) is 0 Å². The molecule has 0 spiro atoms. The molecule has 0 atom stereocenters. The number of fused-ring (bicyclic) bond motifs is 1. The van der Waals surface area contributed by atoms with Gasteiger partial charge in [0.15, 0.2) is 6.61 Å². The molecular formula is C23H29N5O5S. The van der Waals surface area contributed by atoms with E-state index in [1.807, 2.05) is 51.1 Å². The fourth-order valence-electron chi connectivity index (χ4n) is 3.73. The fourth-order valence-corrected chi connectivity index (χ4v) is 5.16. The molecule has 0 aliphatic carbocycles. The highest BCUT2D eigenvalue weighted by molar-refractivity contribution is 7.89. The van der Waals surface area contributed by atoms with Crippen LogP contribution >= 0.6 is 0 Å². The average molecular weight is 488 g/mol. The summed E-state index contributed by atoms with van der Waals surface area (Å²) in [7, 11) is -3.69. The number of hydrogen-bond acceptors (Lipinski definition) is 7. The van der Waals surface area contributed by atoms with E-state index in [4.69, 9.17) is 9.57 Å². The summed E-state index contributed by atoms with van der Waals surface area (Å²) in [6.45, 7) is 7.36. The van der Waals surface area contributed by atoms with Crippen LogP contribution < -0.4 is 4.84 Å². The van der Waals surface area contributed by atoms with E-state index in [0.29, 0.717) is 43.9 Å². The number of amides is 1. The van der Waals surface area contributed by atoms with E-state index in [0.717, 1.165) is 10.4 Å². The van der Waals surface area contributed by atoms with Crippen molar-refractivity contribution in [3.05, 3.63) is 54.1 Å². The van der Waals surface area contributed by atoms with Crippen molar-refractivity contribution >= 4 is 27.0 Å². The molecule has 1 saturated heterocycles. The van der Waals surface area contributed by atoms with Crippen LogP contribution in [0.5, 0.6) is 0 Å². The number of rotatable bonds is 7. The highest BCUT2D eigenvalue weighted by Gasteiger charge is 2.29. The normalized spacial score (nSPS) is 15.4. The molecule has 1 amide bonds. The third-order valence-corrected chi connectivity index (χ3v) is 7.49. The van der Waals surface area contributed by atoms with Crippen molar-refractivity contribution in [2.24, 2.45) is 0 Å². The summed E-state index contributed by atoms with van der Waals surface area (Å²) in [4.78, 5) is 21.7. The van der Waals surface area contributed by atoms with Gasteiger partial charge in [0.25, 0.3) is 5.91 Å². The number of carbonyl (C=O) groups excluding carboxylic acids is 1. The first kappa shape index (κ1) is 24.1. The number of ether oxygens (including phenoxy) is 1. The molecule has 182 valence electrons. The molecule has 11 heteroatoms. The Kier molecular flexibility index (Phi) is 6.87. The molecule has 1 aliphatic rings. The number of sulfonamides is 1. The van der Waals surface area contributed by atoms with E-state index in [1.54, 1.807) is 11.0 Å². The van der Waals surface area contributed by atoms with Crippen LogP contribution in [0.3, 0.4) is 0 Å². The molecule has 2 aromatic carbocycles. The summed E-state index contributed by atoms with van der Waals surface area (Å²) >= 11 is 0. The molecule has 2 heterocycles. The quantitative estimate of drug-likeness (QED) is 0.499. The molecule has 10 nitrogen and oxygen atoms in total. The number of hydrogen-bond donors (Lipinski definition) is 0. The Balaban J connectivity index is 1.52. The first-order valence-corrected chi connectivity index (χ1v) is 12.5. The largest absolute Gasteiger partial charge is 0.385 e. The van der Waals surface area contributed by atoms with Crippen LogP contribution in [0.1, 0.15) is 26.3 Å². The predicted octanol–water partition coefficient (Wildman–Crippen LogP) is 1.71. The summed E-state index contributed by atoms with van der Waals surface area (Å²) in [6.07, 6.45) is 0. The monoisotopic (exact) mass is 487 g/mol. The summed E-state index contributed by atoms with van der Waals surface area (Å²) in [6, 6.07) is 14.3. The van der Waals surface area contributed by atoms with Crippen molar-refractivity contribution in [2.45, 2.75) is 37.8 Å². The molecule has 0 radical (unpaired) electrons. The highest BCUT2D eigenvalue weighted by atomic mass is 32.2. The SMILES string of the molecule is CC(C)(C)N(Cc1ccccc1)C(=O)COn1nnc2ccc(S(=O)(=O)N3CCOCC3)cc21. The number of nitrogens with zero attached hydrogens (tertiary/aromatic N) is 5. The summed E-state index contributed by atoms with van der Waals surface area (Å²) < 4.78 is 32.7. The third kappa shape index (κ3) is 5.21. The molecular weight excluding hydrogens is 458 g/mol. The van der Waals surface area contributed by atoms with Gasteiger partial charge in [0.2, 0.25) is 10.0 Å². The predicted molar refractivity (Wildman–Crippen MR) is 125 cm³/mol. The summed E-state index contributed by atoms with van der Waals surface area (Å²) in [5.41, 5.74) is 1.41. The van der Waals surface area contributed by atoms with Crippen LogP contribution in [0.15, 0.2) is 53.4 Å². The zero-order valence-corrected chi connectivity index (χ0v) is 20.4. The Hall–Kier alpha value is -3.02. The second-order valence-corrected chi connectivity index (χ2v) is 11.0. The van der Waals surface area contributed by atoms with Gasteiger partial charge in [-0.15, -0.1) is 5.10 Å². The number of morpholine rings is 1. The van der Waals surface area contributed by atoms with Gasteiger partial charge < -0.3 is 14.5 Å². The van der Waals surface area contributed by atoms with Crippen molar-refractivity contribution in [2.75, 3.05) is 32.9 Å². The van der Waals surface area contributed by atoms with E-state index in [2.05, 4.69) is 10.3 Å². The van der Waals surface area contributed by atoms with Gasteiger partial charge >= 0.3 is 0 Å². The van der Waals surface area contributed by atoms with Gasteiger partial charge in [-0.3, -0.25) is 4.79 Å². The van der Waals surface area contributed by atoms with Gasteiger partial charge in [-0.2, -0.15) is 4.31 Å². The van der Waals surface area contributed by atoms with E-state index >= 15 is 0 Å². The lowest BCUT2D eigenvalue weighted by Gasteiger charge is -2.35. The first-order chi connectivity index (χ1) is 16.2. The molecule has 3 aromatic rings. The van der Waals surface area contributed by atoms with Crippen molar-refractivity contribution < 1.29 is 22.8 Å². The molecule has 0 unspecified atom stereocenters. The maximum absolute atomic E-state index is 13.1. The molecule has 34 heavy (non-hydrogen) atoms. The van der Waals surface area contributed by atoms with Gasteiger partial charge in [0.05, 0.1) is 18.1 Å². The zero-order valence-electron chi connectivity index (χ0n) is 19.5. The minimum absolute atomic E-state index is 0.112. The Morgan fingerprint density at radius 2 is 1.82 bits per heavy atom. The standard InChI is InChI=1S/C23H29N5O5S/c1-23(2,3)27(16-18-7-5-4-6-8-18)22(29)17-33-28-21-15-19(9-10-20(21)24-25-28)34(30,31)26-11-13-32-14-12-26/h4-10,15H,11-14,16-17H2,1-3H3. The van der Waals surface area contributed by atoms with Crippen molar-refractivity contribution in [3.8, 4) is 0 Å². The minimum Gasteiger partial charge on any atom is -0.385 e. The van der Waals surface area contributed by atoms with E-state index < -0.39 is 15.6 Å². The first-order valence-electron chi connectivity index (χ1n) is 11.1. The highest BCUT2D eigenvalue weighted by Crippen LogP contribution is 2.22. The Bertz CT molecular complexity index is 1250. The second-order valence-electron chi connectivity index (χ2n) is 9.04. The van der Waals surface area contributed by atoms with Gasteiger partial charge in [0.1, 0.15) is 11.0 Å². The van der Waals surface area contributed by atoms with E-state index in [9.17, 15) is 13.2 Å². The van der Waals surface area contributed by atoms with Gasteiger partial charge in [-0.25, -0.2) is 8.42 Å². The molecule has 0 N–H and O–H groups in total. The van der Waals surface area contributed by atoms with Crippen LogP contribution in [0.2, 0.25) is 0 Å². The Morgan fingerprint density at radius 1 is 1.12 bits per heavy atom. The van der Waals surface area contributed by atoms with Gasteiger partial charge in [-0.1, -0.05) is 35.2 Å². The molecule has 4 rings (SSSR count). The van der Waals surface area contributed by atoms with Crippen molar-refractivity contribution in [3.63, 3.8) is 0 Å². The average Bonchev–Trinajstić information content (AvgIpc) is 3.24. The Morgan fingerprint density at radius 3 is 2.50 bits per heavy atom. The summed E-state index contributed by atoms with van der Waals surface area (Å²) in [5, 5.41) is 7.98. The lowest BCUT2D eigenvalue weighted by molar-refractivity contribution is -0.142. The molecule has 0 saturated carbocycles. The second kappa shape index (κ2) is 9.69. The van der Waals surface area contributed by atoms with Crippen molar-refractivity contribution in [1.82, 2.24) is 24.4 Å². The minimum atomic E-state index is -3.69. The number of benzene rings is 2. The van der Waals surface area contributed by atoms with Crippen LogP contribution in [-0.2, 0) is 26.1 Å². The molecule has 0 bridgehead atoms. The fraction of sp³-hybridized carbons (Fsp3) is 0.435. The molecule has 1 fully saturated rings. The van der Waals surface area contributed by atoms with Crippen LogP contribution in [-0.4, -0.2) is 77.1 Å². The molecule has 1 aliphatic heterocycles. The maximum atomic E-state index is 13.1. The van der Waals surface area contributed by atoms with E-state index in [-0.39, 0.29) is 17.4 Å². The summed E-state index contributed by atoms with van der Waals surface area (Å²) in [5.74, 6) is -0.225. The van der Waals surface area contributed by atoms with Crippen LogP contribution in [0.4, 0.5) is 0 Å². The number of aromatic nitrogens is 3. The number of carbonyl (C=O) groups is 1. The zero-order chi connectivity index (χ0) is 24.3. The van der Waals surface area contributed by atoms with Crippen LogP contribution in [0.25, 0.3) is 11.0 Å². The smallest absolute Gasteiger partial charge is 0.264 e.